The quantitative estimate of drug-likeness (QED) is 0.290. The maximum atomic E-state index is 13.4. The Balaban J connectivity index is 1.73. The molecule has 4 rings (SSSR count). The number of aromatic nitrogens is 1. The van der Waals surface area contributed by atoms with E-state index in [0.29, 0.717) is 41.5 Å². The fourth-order valence-corrected chi connectivity index (χ4v) is 5.28. The van der Waals surface area contributed by atoms with E-state index in [0.717, 1.165) is 29.7 Å². The lowest BCUT2D eigenvalue weighted by molar-refractivity contribution is -0.147. The first-order valence-electron chi connectivity index (χ1n) is 13.5. The Hall–Kier alpha value is -3.46. The topological polar surface area (TPSA) is 112 Å². The van der Waals surface area contributed by atoms with E-state index in [9.17, 15) is 19.8 Å². The summed E-state index contributed by atoms with van der Waals surface area (Å²) in [5.41, 5.74) is 2.61. The number of rotatable bonds is 10. The highest BCUT2D eigenvalue weighted by molar-refractivity contribution is 6.32. The molecule has 0 spiro atoms. The van der Waals surface area contributed by atoms with Crippen molar-refractivity contribution in [2.75, 3.05) is 27.2 Å². The molecular weight excluding hydrogens is 530 g/mol. The third kappa shape index (κ3) is 6.81. The maximum Gasteiger partial charge on any atom is 0.329 e. The molecule has 8 nitrogen and oxygen atoms in total. The Labute approximate surface area is 240 Å². The summed E-state index contributed by atoms with van der Waals surface area (Å²) >= 11 is 6.46. The second-order valence-corrected chi connectivity index (χ2v) is 11.1. The fourth-order valence-electron chi connectivity index (χ4n) is 5.11. The number of pyridine rings is 1. The van der Waals surface area contributed by atoms with Gasteiger partial charge in [-0.15, -0.1) is 0 Å². The van der Waals surface area contributed by atoms with Crippen molar-refractivity contribution in [1.82, 2.24) is 15.2 Å². The molecule has 2 aromatic carbocycles. The van der Waals surface area contributed by atoms with Gasteiger partial charge in [-0.1, -0.05) is 41.9 Å². The third-order valence-corrected chi connectivity index (χ3v) is 7.57. The summed E-state index contributed by atoms with van der Waals surface area (Å²) in [5.74, 6) is -1.25. The minimum absolute atomic E-state index is 0.0477. The van der Waals surface area contributed by atoms with Gasteiger partial charge in [0.1, 0.15) is 17.0 Å². The van der Waals surface area contributed by atoms with Crippen LogP contribution in [0.3, 0.4) is 0 Å². The number of ether oxygens (including phenoxy) is 1. The Morgan fingerprint density at radius 3 is 2.62 bits per heavy atom. The van der Waals surface area contributed by atoms with Gasteiger partial charge in [0.05, 0.1) is 23.4 Å². The van der Waals surface area contributed by atoms with Crippen molar-refractivity contribution in [2.24, 2.45) is 0 Å². The Bertz CT molecular complexity index is 1380. The molecule has 1 aromatic heterocycles. The van der Waals surface area contributed by atoms with Gasteiger partial charge < -0.3 is 25.2 Å². The maximum absolute atomic E-state index is 13.4. The summed E-state index contributed by atoms with van der Waals surface area (Å²) in [6.45, 7) is 3.37. The molecule has 1 heterocycles. The molecule has 2 atom stereocenters. The number of aliphatic hydroxyl groups is 1. The molecule has 1 aliphatic rings. The van der Waals surface area contributed by atoms with Gasteiger partial charge in [-0.05, 0) is 82.1 Å². The standard InChI is InChI=1S/C31H36ClN3O5/c1-20-8-4-5-10-23(20)24-12-14-26(29(37)34-31(30(38)39)15-6-9-22(36)19-31)33-28(24)21-11-13-25(32)27(18-21)40-17-7-16-35(2)3/h4-5,8,10-14,18,22,36H,6-7,9,15-17,19H2,1-3H3,(H,34,37)(H,38,39). The molecule has 3 N–H and O–H groups in total. The van der Waals surface area contributed by atoms with Crippen LogP contribution in [0.1, 0.15) is 48.2 Å². The van der Waals surface area contributed by atoms with Gasteiger partial charge in [0.15, 0.2) is 0 Å². The number of benzene rings is 2. The van der Waals surface area contributed by atoms with Crippen LogP contribution in [0.2, 0.25) is 5.02 Å². The number of halogens is 1. The van der Waals surface area contributed by atoms with E-state index in [1.807, 2.05) is 63.5 Å². The number of carboxylic acid groups (broad SMARTS) is 1. The fraction of sp³-hybridized carbons (Fsp3) is 0.387. The number of aryl methyl sites for hydroxylation is 1. The molecule has 40 heavy (non-hydrogen) atoms. The van der Waals surface area contributed by atoms with Crippen molar-refractivity contribution in [1.29, 1.82) is 0 Å². The molecule has 212 valence electrons. The van der Waals surface area contributed by atoms with Crippen LogP contribution in [0, 0.1) is 6.92 Å². The first kappa shape index (κ1) is 29.5. The minimum atomic E-state index is -1.54. The number of aliphatic carboxylic acids is 1. The van der Waals surface area contributed by atoms with Gasteiger partial charge in [-0.3, -0.25) is 4.79 Å². The highest BCUT2D eigenvalue weighted by atomic mass is 35.5. The van der Waals surface area contributed by atoms with E-state index in [-0.39, 0.29) is 18.5 Å². The number of aliphatic hydroxyl groups excluding tert-OH is 1. The zero-order valence-corrected chi connectivity index (χ0v) is 23.9. The average Bonchev–Trinajstić information content (AvgIpc) is 2.92. The van der Waals surface area contributed by atoms with Crippen LogP contribution >= 0.6 is 11.6 Å². The average molecular weight is 566 g/mol. The number of carboxylic acids is 1. The van der Waals surface area contributed by atoms with Gasteiger partial charge in [0.2, 0.25) is 0 Å². The van der Waals surface area contributed by atoms with E-state index < -0.39 is 23.5 Å². The molecule has 0 saturated heterocycles. The number of hydrogen-bond acceptors (Lipinski definition) is 6. The second kappa shape index (κ2) is 12.8. The van der Waals surface area contributed by atoms with Gasteiger partial charge in [0.25, 0.3) is 5.91 Å². The van der Waals surface area contributed by atoms with Crippen LogP contribution < -0.4 is 10.1 Å². The van der Waals surface area contributed by atoms with Gasteiger partial charge in [-0.25, -0.2) is 9.78 Å². The number of amides is 1. The molecule has 1 aliphatic carbocycles. The summed E-state index contributed by atoms with van der Waals surface area (Å²) < 4.78 is 5.99. The minimum Gasteiger partial charge on any atom is -0.492 e. The zero-order valence-electron chi connectivity index (χ0n) is 23.1. The summed E-state index contributed by atoms with van der Waals surface area (Å²) in [4.78, 5) is 32.4. The molecule has 0 bridgehead atoms. The summed E-state index contributed by atoms with van der Waals surface area (Å²) in [6.07, 6.45) is 1.24. The summed E-state index contributed by atoms with van der Waals surface area (Å²) in [7, 11) is 4.01. The Morgan fingerprint density at radius 1 is 1.15 bits per heavy atom. The van der Waals surface area contributed by atoms with Crippen LogP contribution in [-0.2, 0) is 4.79 Å². The van der Waals surface area contributed by atoms with E-state index >= 15 is 0 Å². The van der Waals surface area contributed by atoms with Crippen LogP contribution in [-0.4, -0.2) is 70.9 Å². The summed E-state index contributed by atoms with van der Waals surface area (Å²) in [5, 5.41) is 23.3. The normalized spacial score (nSPS) is 18.9. The Kier molecular flexibility index (Phi) is 9.45. The van der Waals surface area contributed by atoms with E-state index in [4.69, 9.17) is 21.3 Å². The highest BCUT2D eigenvalue weighted by Crippen LogP contribution is 2.37. The molecule has 9 heteroatoms. The lowest BCUT2D eigenvalue weighted by Gasteiger charge is -2.36. The number of nitrogens with one attached hydrogen (secondary N) is 1. The van der Waals surface area contributed by atoms with Crippen molar-refractivity contribution in [3.05, 3.63) is 70.9 Å². The van der Waals surface area contributed by atoms with Crippen molar-refractivity contribution >= 4 is 23.5 Å². The first-order valence-corrected chi connectivity index (χ1v) is 13.9. The lowest BCUT2D eigenvalue weighted by atomic mass is 9.80. The number of carbonyl (C=O) groups is 2. The van der Waals surface area contributed by atoms with Crippen LogP contribution in [0.5, 0.6) is 5.75 Å². The SMILES string of the molecule is Cc1ccccc1-c1ccc(C(=O)NC2(C(=O)O)CCCC(O)C2)nc1-c1ccc(Cl)c(OCCCN(C)C)c1. The predicted octanol–water partition coefficient (Wildman–Crippen LogP) is 5.20. The molecule has 0 radical (unpaired) electrons. The van der Waals surface area contributed by atoms with Crippen LogP contribution in [0.15, 0.2) is 54.6 Å². The largest absolute Gasteiger partial charge is 0.492 e. The number of nitrogens with zero attached hydrogens (tertiary/aromatic N) is 2. The highest BCUT2D eigenvalue weighted by Gasteiger charge is 2.44. The molecule has 1 saturated carbocycles. The van der Waals surface area contributed by atoms with Crippen molar-refractivity contribution in [2.45, 2.75) is 50.7 Å². The van der Waals surface area contributed by atoms with Gasteiger partial charge in [-0.2, -0.15) is 0 Å². The van der Waals surface area contributed by atoms with Crippen molar-refractivity contribution in [3.8, 4) is 28.1 Å². The molecule has 1 fully saturated rings. The molecular formula is C31H36ClN3O5. The van der Waals surface area contributed by atoms with Crippen LogP contribution in [0.4, 0.5) is 0 Å². The third-order valence-electron chi connectivity index (χ3n) is 7.26. The van der Waals surface area contributed by atoms with Gasteiger partial charge in [0, 0.05) is 24.1 Å². The second-order valence-electron chi connectivity index (χ2n) is 10.6. The smallest absolute Gasteiger partial charge is 0.329 e. The Morgan fingerprint density at radius 2 is 1.93 bits per heavy atom. The summed E-state index contributed by atoms with van der Waals surface area (Å²) in [6, 6.07) is 16.7. The van der Waals surface area contributed by atoms with E-state index in [1.54, 1.807) is 12.1 Å². The molecule has 3 aromatic rings. The molecule has 1 amide bonds. The van der Waals surface area contributed by atoms with Gasteiger partial charge >= 0.3 is 5.97 Å². The lowest BCUT2D eigenvalue weighted by Crippen LogP contribution is -2.58. The van der Waals surface area contributed by atoms with Crippen molar-refractivity contribution < 1.29 is 24.5 Å². The first-order chi connectivity index (χ1) is 19.1. The number of hydrogen-bond donors (Lipinski definition) is 3. The van der Waals surface area contributed by atoms with Crippen molar-refractivity contribution in [3.63, 3.8) is 0 Å². The number of carbonyl (C=O) groups excluding carboxylic acids is 1. The van der Waals surface area contributed by atoms with E-state index in [2.05, 4.69) is 10.2 Å². The predicted molar refractivity (Wildman–Crippen MR) is 156 cm³/mol. The van der Waals surface area contributed by atoms with Crippen LogP contribution in [0.25, 0.3) is 22.4 Å². The monoisotopic (exact) mass is 565 g/mol. The zero-order chi connectivity index (χ0) is 28.9. The molecule has 0 aliphatic heterocycles. The molecule has 2 unspecified atom stereocenters. The van der Waals surface area contributed by atoms with E-state index in [1.165, 1.54) is 0 Å².